The predicted octanol–water partition coefficient (Wildman–Crippen LogP) is 2.95. The van der Waals surface area contributed by atoms with E-state index in [1.807, 2.05) is 0 Å². The summed E-state index contributed by atoms with van der Waals surface area (Å²) in [5.74, 6) is -1.18. The highest BCUT2D eigenvalue weighted by atomic mass is 19.4. The molecule has 1 aliphatic rings. The fraction of sp³-hybridized carbons (Fsp3) is 0.714. The highest BCUT2D eigenvalue weighted by Gasteiger charge is 2.31. The SMILES string of the molecule is CC(C)(C)OC(=O)N[C@@H]1C=C[C@H](CC(=O)OCC(F)(F)F)C1. The van der Waals surface area contributed by atoms with E-state index in [0.717, 1.165) is 0 Å². The Morgan fingerprint density at radius 2 is 1.86 bits per heavy atom. The van der Waals surface area contributed by atoms with Gasteiger partial charge >= 0.3 is 18.2 Å². The predicted molar refractivity (Wildman–Crippen MR) is 72.0 cm³/mol. The summed E-state index contributed by atoms with van der Waals surface area (Å²) in [4.78, 5) is 22.9. The molecule has 22 heavy (non-hydrogen) atoms. The normalized spacial score (nSPS) is 21.5. The molecule has 2 atom stereocenters. The molecule has 8 heteroatoms. The molecule has 0 heterocycles. The summed E-state index contributed by atoms with van der Waals surface area (Å²) in [6, 6.07) is -0.310. The summed E-state index contributed by atoms with van der Waals surface area (Å²) in [6.07, 6.45) is -1.48. The number of hydrogen-bond acceptors (Lipinski definition) is 4. The molecule has 1 aliphatic carbocycles. The molecule has 1 rings (SSSR count). The van der Waals surface area contributed by atoms with E-state index in [4.69, 9.17) is 4.74 Å². The van der Waals surface area contributed by atoms with Gasteiger partial charge in [0.1, 0.15) is 5.60 Å². The zero-order valence-electron chi connectivity index (χ0n) is 12.7. The van der Waals surface area contributed by atoms with E-state index in [9.17, 15) is 22.8 Å². The van der Waals surface area contributed by atoms with Crippen molar-refractivity contribution in [2.45, 2.75) is 51.4 Å². The van der Waals surface area contributed by atoms with E-state index >= 15 is 0 Å². The Morgan fingerprint density at radius 3 is 2.41 bits per heavy atom. The van der Waals surface area contributed by atoms with Crippen LogP contribution in [0.1, 0.15) is 33.6 Å². The average Bonchev–Trinajstić information content (AvgIpc) is 2.70. The van der Waals surface area contributed by atoms with Crippen molar-refractivity contribution >= 4 is 12.1 Å². The summed E-state index contributed by atoms with van der Waals surface area (Å²) >= 11 is 0. The number of rotatable bonds is 4. The first kappa shape index (κ1) is 18.3. The third-order valence-electron chi connectivity index (χ3n) is 2.70. The molecule has 0 unspecified atom stereocenters. The van der Waals surface area contributed by atoms with Gasteiger partial charge in [-0.3, -0.25) is 4.79 Å². The molecular weight excluding hydrogens is 303 g/mol. The lowest BCUT2D eigenvalue weighted by Crippen LogP contribution is -2.37. The number of halogens is 3. The fourth-order valence-electron chi connectivity index (χ4n) is 1.93. The van der Waals surface area contributed by atoms with Gasteiger partial charge in [0.25, 0.3) is 0 Å². The number of alkyl halides is 3. The molecule has 5 nitrogen and oxygen atoms in total. The van der Waals surface area contributed by atoms with Crippen molar-refractivity contribution in [3.8, 4) is 0 Å². The number of hydrogen-bond donors (Lipinski definition) is 1. The first-order valence-corrected chi connectivity index (χ1v) is 6.85. The Bertz CT molecular complexity index is 440. The summed E-state index contributed by atoms with van der Waals surface area (Å²) < 4.78 is 45.0. The van der Waals surface area contributed by atoms with Gasteiger partial charge in [0.2, 0.25) is 0 Å². The molecule has 0 aromatic heterocycles. The second-order valence-electron chi connectivity index (χ2n) is 6.11. The Labute approximate surface area is 126 Å². The van der Waals surface area contributed by atoms with Crippen molar-refractivity contribution in [2.24, 2.45) is 5.92 Å². The lowest BCUT2D eigenvalue weighted by Gasteiger charge is -2.21. The van der Waals surface area contributed by atoms with Gasteiger partial charge in [-0.2, -0.15) is 13.2 Å². The van der Waals surface area contributed by atoms with Gasteiger partial charge in [0.15, 0.2) is 6.61 Å². The number of nitrogens with one attached hydrogen (secondary N) is 1. The van der Waals surface area contributed by atoms with E-state index in [1.54, 1.807) is 32.9 Å². The molecule has 1 N–H and O–H groups in total. The van der Waals surface area contributed by atoms with Gasteiger partial charge in [-0.1, -0.05) is 12.2 Å². The molecular formula is C14H20F3NO4. The highest BCUT2D eigenvalue weighted by Crippen LogP contribution is 2.23. The van der Waals surface area contributed by atoms with Crippen molar-refractivity contribution in [2.75, 3.05) is 6.61 Å². The Kier molecular flexibility index (Phi) is 5.85. The third-order valence-corrected chi connectivity index (χ3v) is 2.70. The van der Waals surface area contributed by atoms with E-state index in [2.05, 4.69) is 10.1 Å². The third kappa shape index (κ3) is 7.90. The molecule has 0 bridgehead atoms. The molecule has 0 saturated carbocycles. The Morgan fingerprint density at radius 1 is 1.23 bits per heavy atom. The molecule has 126 valence electrons. The topological polar surface area (TPSA) is 64.6 Å². The van der Waals surface area contributed by atoms with E-state index < -0.39 is 30.4 Å². The van der Waals surface area contributed by atoms with Gasteiger partial charge in [-0.05, 0) is 33.1 Å². The van der Waals surface area contributed by atoms with Gasteiger partial charge in [-0.15, -0.1) is 0 Å². The van der Waals surface area contributed by atoms with Gasteiger partial charge < -0.3 is 14.8 Å². The van der Waals surface area contributed by atoms with Crippen LogP contribution in [-0.2, 0) is 14.3 Å². The van der Waals surface area contributed by atoms with Crippen LogP contribution < -0.4 is 5.32 Å². The van der Waals surface area contributed by atoms with Gasteiger partial charge in [-0.25, -0.2) is 4.79 Å². The number of ether oxygens (including phenoxy) is 2. The average molecular weight is 323 g/mol. The Balaban J connectivity index is 2.30. The smallest absolute Gasteiger partial charge is 0.422 e. The molecule has 1 amide bonds. The number of esters is 1. The quantitative estimate of drug-likeness (QED) is 0.638. The van der Waals surface area contributed by atoms with E-state index in [-0.39, 0.29) is 18.4 Å². The molecule has 0 aliphatic heterocycles. The van der Waals surface area contributed by atoms with Crippen LogP contribution in [0.25, 0.3) is 0 Å². The fourth-order valence-corrected chi connectivity index (χ4v) is 1.93. The van der Waals surface area contributed by atoms with E-state index in [0.29, 0.717) is 6.42 Å². The zero-order valence-corrected chi connectivity index (χ0v) is 12.7. The van der Waals surface area contributed by atoms with Crippen molar-refractivity contribution in [3.63, 3.8) is 0 Å². The number of amides is 1. The standard InChI is InChI=1S/C14H20F3NO4/c1-13(2,3)22-12(20)18-10-5-4-9(6-10)7-11(19)21-8-14(15,16)17/h4-5,9-10H,6-8H2,1-3H3,(H,18,20)/t9-,10+/m0/s1. The lowest BCUT2D eigenvalue weighted by molar-refractivity contribution is -0.186. The van der Waals surface area contributed by atoms with Crippen LogP contribution in [0.5, 0.6) is 0 Å². The highest BCUT2D eigenvalue weighted by molar-refractivity contribution is 5.70. The maximum atomic E-state index is 11.9. The van der Waals surface area contributed by atoms with Crippen LogP contribution in [0.15, 0.2) is 12.2 Å². The van der Waals surface area contributed by atoms with Crippen molar-refractivity contribution in [1.29, 1.82) is 0 Å². The molecule has 0 saturated heterocycles. The molecule has 0 radical (unpaired) electrons. The van der Waals surface area contributed by atoms with Crippen LogP contribution in [0.2, 0.25) is 0 Å². The second kappa shape index (κ2) is 7.02. The maximum absolute atomic E-state index is 11.9. The van der Waals surface area contributed by atoms with Crippen LogP contribution in [0, 0.1) is 5.92 Å². The van der Waals surface area contributed by atoms with Crippen molar-refractivity contribution in [3.05, 3.63) is 12.2 Å². The van der Waals surface area contributed by atoms with Crippen LogP contribution in [0.4, 0.5) is 18.0 Å². The molecule has 0 fully saturated rings. The number of carbonyl (C=O) groups excluding carboxylic acids is 2. The lowest BCUT2D eigenvalue weighted by atomic mass is 10.0. The van der Waals surface area contributed by atoms with Crippen molar-refractivity contribution in [1.82, 2.24) is 5.32 Å². The number of carbonyl (C=O) groups is 2. The minimum atomic E-state index is -4.53. The van der Waals surface area contributed by atoms with Crippen LogP contribution in [-0.4, -0.2) is 36.5 Å². The minimum Gasteiger partial charge on any atom is -0.456 e. The van der Waals surface area contributed by atoms with Crippen molar-refractivity contribution < 1.29 is 32.2 Å². The largest absolute Gasteiger partial charge is 0.456 e. The van der Waals surface area contributed by atoms with E-state index in [1.165, 1.54) is 0 Å². The van der Waals surface area contributed by atoms with Gasteiger partial charge in [0, 0.05) is 0 Å². The van der Waals surface area contributed by atoms with Crippen LogP contribution >= 0.6 is 0 Å². The second-order valence-corrected chi connectivity index (χ2v) is 6.11. The zero-order chi connectivity index (χ0) is 17.0. The number of alkyl carbamates (subject to hydrolysis) is 1. The maximum Gasteiger partial charge on any atom is 0.422 e. The first-order valence-electron chi connectivity index (χ1n) is 6.85. The summed E-state index contributed by atoms with van der Waals surface area (Å²) in [7, 11) is 0. The summed E-state index contributed by atoms with van der Waals surface area (Å²) in [5, 5.41) is 2.61. The summed E-state index contributed by atoms with van der Waals surface area (Å²) in [5.41, 5.74) is -0.618. The molecule has 0 aromatic rings. The Hall–Kier alpha value is -1.73. The van der Waals surface area contributed by atoms with Gasteiger partial charge in [0.05, 0.1) is 12.5 Å². The molecule has 0 aromatic carbocycles. The summed E-state index contributed by atoms with van der Waals surface area (Å²) in [6.45, 7) is 3.62. The first-order chi connectivity index (χ1) is 9.94. The number of allylic oxidation sites excluding steroid dienone is 1. The van der Waals surface area contributed by atoms with Crippen LogP contribution in [0.3, 0.4) is 0 Å². The monoisotopic (exact) mass is 323 g/mol. The molecule has 0 spiro atoms. The minimum absolute atomic E-state index is 0.154.